The normalized spacial score (nSPS) is 21.5. The molecule has 0 bridgehead atoms. The monoisotopic (exact) mass is 357 g/mol. The number of nitrogens with one attached hydrogen (secondary N) is 2. The molecule has 0 radical (unpaired) electrons. The SMILES string of the molecule is CCN1CCCC1CNC(=NC)NCc1ccc(N2CCCC2=O)cc1. The molecule has 1 aromatic carbocycles. The highest BCUT2D eigenvalue weighted by atomic mass is 16.2. The molecule has 0 aromatic heterocycles. The molecule has 26 heavy (non-hydrogen) atoms. The molecule has 6 heteroatoms. The van der Waals surface area contributed by atoms with Gasteiger partial charge in [-0.3, -0.25) is 14.7 Å². The van der Waals surface area contributed by atoms with Crippen molar-refractivity contribution in [2.75, 3.05) is 38.1 Å². The Hall–Kier alpha value is -2.08. The first kappa shape index (κ1) is 18.7. The van der Waals surface area contributed by atoms with Gasteiger partial charge in [0.15, 0.2) is 5.96 Å². The van der Waals surface area contributed by atoms with Gasteiger partial charge < -0.3 is 15.5 Å². The van der Waals surface area contributed by atoms with E-state index in [0.717, 1.165) is 44.2 Å². The summed E-state index contributed by atoms with van der Waals surface area (Å²) in [5.74, 6) is 1.07. The average Bonchev–Trinajstić information content (AvgIpc) is 3.31. The Bertz CT molecular complexity index is 628. The first-order chi connectivity index (χ1) is 12.7. The van der Waals surface area contributed by atoms with Crippen LogP contribution in [0.15, 0.2) is 29.3 Å². The minimum absolute atomic E-state index is 0.230. The molecular weight excluding hydrogens is 326 g/mol. The Balaban J connectivity index is 1.47. The highest BCUT2D eigenvalue weighted by molar-refractivity contribution is 5.95. The summed E-state index contributed by atoms with van der Waals surface area (Å²) in [6.07, 6.45) is 4.18. The zero-order valence-electron chi connectivity index (χ0n) is 16.0. The molecule has 6 nitrogen and oxygen atoms in total. The van der Waals surface area contributed by atoms with Gasteiger partial charge in [0.2, 0.25) is 5.91 Å². The zero-order chi connectivity index (χ0) is 18.4. The van der Waals surface area contributed by atoms with Crippen molar-refractivity contribution < 1.29 is 4.79 Å². The van der Waals surface area contributed by atoms with Crippen LogP contribution in [0.2, 0.25) is 0 Å². The number of hydrogen-bond acceptors (Lipinski definition) is 3. The van der Waals surface area contributed by atoms with Crippen LogP contribution < -0.4 is 15.5 Å². The van der Waals surface area contributed by atoms with Crippen LogP contribution >= 0.6 is 0 Å². The van der Waals surface area contributed by atoms with E-state index in [0.29, 0.717) is 12.5 Å². The van der Waals surface area contributed by atoms with Crippen molar-refractivity contribution in [3.8, 4) is 0 Å². The van der Waals surface area contributed by atoms with Crippen LogP contribution in [0, 0.1) is 0 Å². The standard InChI is InChI=1S/C20H31N5O/c1-3-24-12-4-6-18(24)15-23-20(21-2)22-14-16-8-10-17(11-9-16)25-13-5-7-19(25)26/h8-11,18H,3-7,12-15H2,1-2H3,(H2,21,22,23). The predicted octanol–water partition coefficient (Wildman–Crippen LogP) is 1.96. The van der Waals surface area contributed by atoms with Crippen LogP contribution in [0.25, 0.3) is 0 Å². The van der Waals surface area contributed by atoms with Gasteiger partial charge >= 0.3 is 0 Å². The van der Waals surface area contributed by atoms with Crippen molar-refractivity contribution in [3.63, 3.8) is 0 Å². The molecule has 0 saturated carbocycles. The van der Waals surface area contributed by atoms with Gasteiger partial charge in [-0.15, -0.1) is 0 Å². The fourth-order valence-corrected chi connectivity index (χ4v) is 3.88. The second kappa shape index (κ2) is 9.03. The maximum atomic E-state index is 11.8. The zero-order valence-corrected chi connectivity index (χ0v) is 16.0. The number of nitrogens with zero attached hydrogens (tertiary/aromatic N) is 3. The summed E-state index contributed by atoms with van der Waals surface area (Å²) in [5, 5.41) is 6.83. The van der Waals surface area contributed by atoms with Gasteiger partial charge in [-0.05, 0) is 50.0 Å². The number of carbonyl (C=O) groups is 1. The van der Waals surface area contributed by atoms with E-state index >= 15 is 0 Å². The fraction of sp³-hybridized carbons (Fsp3) is 0.600. The van der Waals surface area contributed by atoms with Crippen molar-refractivity contribution in [2.24, 2.45) is 4.99 Å². The Morgan fingerprint density at radius 3 is 2.65 bits per heavy atom. The van der Waals surface area contributed by atoms with Gasteiger partial charge in [0, 0.05) is 44.8 Å². The lowest BCUT2D eigenvalue weighted by atomic mass is 10.2. The summed E-state index contributed by atoms with van der Waals surface area (Å²) in [6, 6.07) is 8.84. The van der Waals surface area contributed by atoms with Crippen molar-refractivity contribution in [1.82, 2.24) is 15.5 Å². The van der Waals surface area contributed by atoms with E-state index < -0.39 is 0 Å². The summed E-state index contributed by atoms with van der Waals surface area (Å²) < 4.78 is 0. The summed E-state index contributed by atoms with van der Waals surface area (Å²) in [6.45, 7) is 7.04. The smallest absolute Gasteiger partial charge is 0.227 e. The fourth-order valence-electron chi connectivity index (χ4n) is 3.88. The molecule has 2 aliphatic heterocycles. The molecule has 1 atom stereocenters. The summed E-state index contributed by atoms with van der Waals surface area (Å²) in [4.78, 5) is 20.6. The molecule has 3 rings (SSSR count). The molecule has 2 aliphatic rings. The van der Waals surface area contributed by atoms with E-state index in [-0.39, 0.29) is 5.91 Å². The second-order valence-corrected chi connectivity index (χ2v) is 7.05. The average molecular weight is 358 g/mol. The van der Waals surface area contributed by atoms with Crippen molar-refractivity contribution in [1.29, 1.82) is 0 Å². The molecule has 2 fully saturated rings. The van der Waals surface area contributed by atoms with Crippen molar-refractivity contribution in [3.05, 3.63) is 29.8 Å². The van der Waals surface area contributed by atoms with Crippen LogP contribution in [-0.4, -0.2) is 56.0 Å². The van der Waals surface area contributed by atoms with Crippen LogP contribution in [0.1, 0.15) is 38.2 Å². The molecule has 142 valence electrons. The molecule has 2 N–H and O–H groups in total. The molecule has 1 unspecified atom stereocenters. The van der Waals surface area contributed by atoms with Crippen LogP contribution in [0.3, 0.4) is 0 Å². The predicted molar refractivity (Wildman–Crippen MR) is 106 cm³/mol. The third-order valence-corrected chi connectivity index (χ3v) is 5.42. The quantitative estimate of drug-likeness (QED) is 0.604. The number of likely N-dealkylation sites (N-methyl/N-ethyl adjacent to an activating group) is 1. The minimum Gasteiger partial charge on any atom is -0.355 e. The maximum Gasteiger partial charge on any atom is 0.227 e. The van der Waals surface area contributed by atoms with Crippen LogP contribution in [0.5, 0.6) is 0 Å². The number of anilines is 1. The number of benzene rings is 1. The molecule has 2 heterocycles. The Labute approximate surface area is 156 Å². The summed E-state index contributed by atoms with van der Waals surface area (Å²) >= 11 is 0. The van der Waals surface area contributed by atoms with Crippen LogP contribution in [-0.2, 0) is 11.3 Å². The third-order valence-electron chi connectivity index (χ3n) is 5.42. The second-order valence-electron chi connectivity index (χ2n) is 7.05. The maximum absolute atomic E-state index is 11.8. The third kappa shape index (κ3) is 4.55. The number of aliphatic imine (C=N–C) groups is 1. The Kier molecular flexibility index (Phi) is 6.50. The van der Waals surface area contributed by atoms with Gasteiger partial charge in [-0.25, -0.2) is 0 Å². The number of rotatable bonds is 6. The molecule has 1 aromatic rings. The largest absolute Gasteiger partial charge is 0.355 e. The molecule has 2 saturated heterocycles. The number of carbonyl (C=O) groups excluding carboxylic acids is 1. The Morgan fingerprint density at radius 1 is 1.19 bits per heavy atom. The van der Waals surface area contributed by atoms with E-state index in [2.05, 4.69) is 39.6 Å². The summed E-state index contributed by atoms with van der Waals surface area (Å²) in [5.41, 5.74) is 2.18. The van der Waals surface area contributed by atoms with Gasteiger partial charge in [0.1, 0.15) is 0 Å². The number of hydrogen-bond donors (Lipinski definition) is 2. The Morgan fingerprint density at radius 2 is 2.00 bits per heavy atom. The highest BCUT2D eigenvalue weighted by Crippen LogP contribution is 2.21. The molecule has 0 aliphatic carbocycles. The van der Waals surface area contributed by atoms with Crippen molar-refractivity contribution in [2.45, 2.75) is 45.2 Å². The van der Waals surface area contributed by atoms with Gasteiger partial charge in [0.05, 0.1) is 0 Å². The molecular formula is C20H31N5O. The van der Waals surface area contributed by atoms with Crippen molar-refractivity contribution >= 4 is 17.6 Å². The highest BCUT2D eigenvalue weighted by Gasteiger charge is 2.23. The lowest BCUT2D eigenvalue weighted by molar-refractivity contribution is -0.117. The lowest BCUT2D eigenvalue weighted by Gasteiger charge is -2.24. The number of guanidine groups is 1. The van der Waals surface area contributed by atoms with E-state index in [9.17, 15) is 4.79 Å². The molecule has 0 spiro atoms. The lowest BCUT2D eigenvalue weighted by Crippen LogP contribution is -2.44. The van der Waals surface area contributed by atoms with Gasteiger partial charge in [-0.2, -0.15) is 0 Å². The van der Waals surface area contributed by atoms with E-state index in [1.807, 2.05) is 24.1 Å². The summed E-state index contributed by atoms with van der Waals surface area (Å²) in [7, 11) is 1.81. The van der Waals surface area contributed by atoms with Gasteiger partial charge in [0.25, 0.3) is 0 Å². The number of amides is 1. The minimum atomic E-state index is 0.230. The molecule has 1 amide bonds. The van der Waals surface area contributed by atoms with E-state index in [4.69, 9.17) is 0 Å². The first-order valence-corrected chi connectivity index (χ1v) is 9.79. The number of likely N-dealkylation sites (tertiary alicyclic amines) is 1. The van der Waals surface area contributed by atoms with Crippen LogP contribution in [0.4, 0.5) is 5.69 Å². The van der Waals surface area contributed by atoms with E-state index in [1.54, 1.807) is 0 Å². The first-order valence-electron chi connectivity index (χ1n) is 9.79. The van der Waals surface area contributed by atoms with Gasteiger partial charge in [-0.1, -0.05) is 19.1 Å². The topological polar surface area (TPSA) is 60.0 Å². The van der Waals surface area contributed by atoms with E-state index in [1.165, 1.54) is 24.9 Å².